The van der Waals surface area contributed by atoms with Crippen molar-refractivity contribution in [1.82, 2.24) is 19.9 Å². The minimum absolute atomic E-state index is 0.295. The number of oxazole rings is 1. The molecule has 130 valence electrons. The monoisotopic (exact) mass is 341 g/mol. The van der Waals surface area contributed by atoms with Gasteiger partial charge in [-0.2, -0.15) is 0 Å². The average Bonchev–Trinajstić information content (AvgIpc) is 2.99. The predicted octanol–water partition coefficient (Wildman–Crippen LogP) is 2.70. The van der Waals surface area contributed by atoms with Crippen LogP contribution >= 0.6 is 0 Å². The number of fused-ring (bicyclic) bond motifs is 1. The van der Waals surface area contributed by atoms with E-state index in [1.54, 1.807) is 12.4 Å². The maximum atomic E-state index is 13.3. The fourth-order valence-corrected chi connectivity index (χ4v) is 3.17. The van der Waals surface area contributed by atoms with Crippen LogP contribution in [-0.4, -0.2) is 46.0 Å². The average molecular weight is 341 g/mol. The minimum atomic E-state index is -0.295. The maximum absolute atomic E-state index is 13.3. The Hall–Kier alpha value is -2.54. The van der Waals surface area contributed by atoms with Gasteiger partial charge in [0.15, 0.2) is 5.58 Å². The number of hydrogen-bond donors (Lipinski definition) is 0. The van der Waals surface area contributed by atoms with E-state index in [-0.39, 0.29) is 5.82 Å². The molecule has 6 nitrogen and oxygen atoms in total. The van der Waals surface area contributed by atoms with E-state index in [2.05, 4.69) is 31.7 Å². The lowest BCUT2D eigenvalue weighted by atomic mass is 10.2. The van der Waals surface area contributed by atoms with Gasteiger partial charge in [-0.1, -0.05) is 0 Å². The number of piperazine rings is 1. The summed E-state index contributed by atoms with van der Waals surface area (Å²) in [4.78, 5) is 17.6. The first kappa shape index (κ1) is 16.0. The summed E-state index contributed by atoms with van der Waals surface area (Å²) < 4.78 is 19.0. The number of nitrogens with zero attached hydrogens (tertiary/aromatic N) is 5. The topological polar surface area (TPSA) is 58.3 Å². The molecule has 25 heavy (non-hydrogen) atoms. The van der Waals surface area contributed by atoms with Gasteiger partial charge in [-0.05, 0) is 26.0 Å². The molecule has 0 spiro atoms. The predicted molar refractivity (Wildman–Crippen MR) is 93.0 cm³/mol. The van der Waals surface area contributed by atoms with Crippen molar-refractivity contribution in [2.75, 3.05) is 31.1 Å². The van der Waals surface area contributed by atoms with E-state index in [1.165, 1.54) is 12.1 Å². The molecular weight excluding hydrogens is 321 g/mol. The van der Waals surface area contributed by atoms with Crippen LogP contribution in [0.15, 0.2) is 28.9 Å². The second-order valence-electron chi connectivity index (χ2n) is 6.39. The van der Waals surface area contributed by atoms with Gasteiger partial charge in [0.1, 0.15) is 23.5 Å². The zero-order chi connectivity index (χ0) is 17.4. The number of benzene rings is 1. The van der Waals surface area contributed by atoms with Crippen molar-refractivity contribution in [1.29, 1.82) is 0 Å². The third-order valence-electron chi connectivity index (χ3n) is 4.73. The van der Waals surface area contributed by atoms with Crippen LogP contribution in [0, 0.1) is 19.7 Å². The molecule has 0 aliphatic carbocycles. The zero-order valence-corrected chi connectivity index (χ0v) is 14.4. The van der Waals surface area contributed by atoms with E-state index in [0.717, 1.165) is 43.3 Å². The van der Waals surface area contributed by atoms with E-state index in [1.807, 2.05) is 6.92 Å². The number of rotatable bonds is 3. The van der Waals surface area contributed by atoms with Crippen molar-refractivity contribution in [3.8, 4) is 0 Å². The summed E-state index contributed by atoms with van der Waals surface area (Å²) in [5.41, 5.74) is 3.35. The molecule has 0 radical (unpaired) electrons. The van der Waals surface area contributed by atoms with Gasteiger partial charge in [-0.15, -0.1) is 0 Å². The number of anilines is 1. The van der Waals surface area contributed by atoms with Crippen LogP contribution in [0.3, 0.4) is 0 Å². The molecule has 3 aromatic rings. The van der Waals surface area contributed by atoms with Crippen LogP contribution in [0.5, 0.6) is 0 Å². The van der Waals surface area contributed by atoms with E-state index < -0.39 is 0 Å². The Morgan fingerprint density at radius 3 is 2.72 bits per heavy atom. The van der Waals surface area contributed by atoms with Crippen molar-refractivity contribution in [3.63, 3.8) is 0 Å². The first-order valence-corrected chi connectivity index (χ1v) is 8.40. The lowest BCUT2D eigenvalue weighted by molar-refractivity contribution is 0.228. The van der Waals surface area contributed by atoms with Gasteiger partial charge >= 0.3 is 0 Å². The number of aromatic nitrogens is 3. The van der Waals surface area contributed by atoms with E-state index in [4.69, 9.17) is 4.42 Å². The van der Waals surface area contributed by atoms with Crippen molar-refractivity contribution in [2.24, 2.45) is 0 Å². The standard InChI is InChI=1S/C18H20FN5O/c1-12-13(2)20-11-21-18(12)24-7-5-23(6-8-24)10-17-22-15-9-14(19)3-4-16(15)25-17/h3-4,9,11H,5-8,10H2,1-2H3. The molecule has 1 fully saturated rings. The van der Waals surface area contributed by atoms with Crippen molar-refractivity contribution >= 4 is 16.9 Å². The Morgan fingerprint density at radius 2 is 1.92 bits per heavy atom. The molecule has 0 amide bonds. The molecule has 0 atom stereocenters. The Balaban J connectivity index is 1.42. The highest BCUT2D eigenvalue weighted by molar-refractivity contribution is 5.72. The Labute approximate surface area is 145 Å². The third kappa shape index (κ3) is 3.19. The second-order valence-corrected chi connectivity index (χ2v) is 6.39. The molecule has 2 aromatic heterocycles. The number of halogens is 1. The van der Waals surface area contributed by atoms with Gasteiger partial charge in [-0.3, -0.25) is 4.90 Å². The minimum Gasteiger partial charge on any atom is -0.439 e. The Morgan fingerprint density at radius 1 is 1.12 bits per heavy atom. The maximum Gasteiger partial charge on any atom is 0.209 e. The molecule has 0 bridgehead atoms. The van der Waals surface area contributed by atoms with Gasteiger partial charge in [0.2, 0.25) is 5.89 Å². The molecule has 1 saturated heterocycles. The summed E-state index contributed by atoms with van der Waals surface area (Å²) in [6.07, 6.45) is 1.63. The molecule has 1 aromatic carbocycles. The first-order chi connectivity index (χ1) is 12.1. The van der Waals surface area contributed by atoms with Crippen LogP contribution in [0.1, 0.15) is 17.1 Å². The molecular formula is C18H20FN5O. The summed E-state index contributed by atoms with van der Waals surface area (Å²) in [5.74, 6) is 1.35. The van der Waals surface area contributed by atoms with Crippen molar-refractivity contribution in [3.05, 3.63) is 47.5 Å². The van der Waals surface area contributed by atoms with Crippen LogP contribution in [0.25, 0.3) is 11.1 Å². The number of aryl methyl sites for hydroxylation is 1. The summed E-state index contributed by atoms with van der Waals surface area (Å²) >= 11 is 0. The van der Waals surface area contributed by atoms with E-state index in [9.17, 15) is 4.39 Å². The van der Waals surface area contributed by atoms with Gasteiger partial charge < -0.3 is 9.32 Å². The fourth-order valence-electron chi connectivity index (χ4n) is 3.17. The molecule has 3 heterocycles. The summed E-state index contributed by atoms with van der Waals surface area (Å²) in [7, 11) is 0. The van der Waals surface area contributed by atoms with Crippen molar-refractivity contribution in [2.45, 2.75) is 20.4 Å². The van der Waals surface area contributed by atoms with Crippen LogP contribution in [0.2, 0.25) is 0 Å². The molecule has 0 unspecified atom stereocenters. The highest BCUT2D eigenvalue weighted by atomic mass is 19.1. The smallest absolute Gasteiger partial charge is 0.209 e. The molecule has 1 aliphatic rings. The van der Waals surface area contributed by atoms with Gasteiger partial charge in [-0.25, -0.2) is 19.3 Å². The SMILES string of the molecule is Cc1ncnc(N2CCN(Cc3nc4cc(F)ccc4o3)CC2)c1C. The van der Waals surface area contributed by atoms with Gasteiger partial charge in [0.25, 0.3) is 0 Å². The Bertz CT molecular complexity index is 902. The van der Waals surface area contributed by atoms with Gasteiger partial charge in [0, 0.05) is 43.5 Å². The molecule has 4 rings (SSSR count). The largest absolute Gasteiger partial charge is 0.439 e. The molecule has 0 N–H and O–H groups in total. The molecule has 0 saturated carbocycles. The quantitative estimate of drug-likeness (QED) is 0.730. The lowest BCUT2D eigenvalue weighted by Gasteiger charge is -2.35. The highest BCUT2D eigenvalue weighted by Gasteiger charge is 2.21. The van der Waals surface area contributed by atoms with Gasteiger partial charge in [0.05, 0.1) is 6.54 Å². The summed E-state index contributed by atoms with van der Waals surface area (Å²) in [6, 6.07) is 4.42. The van der Waals surface area contributed by atoms with E-state index in [0.29, 0.717) is 23.5 Å². The van der Waals surface area contributed by atoms with Crippen LogP contribution in [-0.2, 0) is 6.54 Å². The van der Waals surface area contributed by atoms with Crippen molar-refractivity contribution < 1.29 is 8.81 Å². The second kappa shape index (κ2) is 6.40. The third-order valence-corrected chi connectivity index (χ3v) is 4.73. The van der Waals surface area contributed by atoms with Crippen LogP contribution < -0.4 is 4.90 Å². The molecule has 7 heteroatoms. The molecule has 1 aliphatic heterocycles. The first-order valence-electron chi connectivity index (χ1n) is 8.40. The highest BCUT2D eigenvalue weighted by Crippen LogP contribution is 2.21. The summed E-state index contributed by atoms with van der Waals surface area (Å²) in [5, 5.41) is 0. The summed E-state index contributed by atoms with van der Waals surface area (Å²) in [6.45, 7) is 8.29. The Kier molecular flexibility index (Phi) is 4.09. The van der Waals surface area contributed by atoms with Crippen LogP contribution in [0.4, 0.5) is 10.2 Å². The lowest BCUT2D eigenvalue weighted by Crippen LogP contribution is -2.46. The fraction of sp³-hybridized carbons (Fsp3) is 0.389. The number of hydrogen-bond acceptors (Lipinski definition) is 6. The van der Waals surface area contributed by atoms with E-state index >= 15 is 0 Å². The normalized spacial score (nSPS) is 15.9. The zero-order valence-electron chi connectivity index (χ0n) is 14.4.